The smallest absolute Gasteiger partial charge is 0.318 e. The zero-order chi connectivity index (χ0) is 18.5. The van der Waals surface area contributed by atoms with Gasteiger partial charge in [-0.05, 0) is 30.9 Å². The number of carbonyl (C=O) groups excluding carboxylic acids is 2. The minimum Gasteiger partial charge on any atom is -0.487 e. The van der Waals surface area contributed by atoms with Crippen LogP contribution in [0.25, 0.3) is 0 Å². The van der Waals surface area contributed by atoms with Crippen molar-refractivity contribution >= 4 is 11.9 Å². The lowest BCUT2D eigenvalue weighted by Gasteiger charge is -2.27. The molecular weight excluding hydrogens is 332 g/mol. The van der Waals surface area contributed by atoms with Gasteiger partial charge < -0.3 is 19.9 Å². The highest BCUT2D eigenvalue weighted by Crippen LogP contribution is 2.25. The quantitative estimate of drug-likeness (QED) is 0.870. The maximum Gasteiger partial charge on any atom is 0.318 e. The summed E-state index contributed by atoms with van der Waals surface area (Å²) in [6.45, 7) is 6.66. The minimum atomic E-state index is -0.457. The molecule has 7 nitrogen and oxygen atoms in total. The Morgan fingerprint density at radius 3 is 2.77 bits per heavy atom. The molecule has 3 heterocycles. The molecule has 2 aliphatic rings. The van der Waals surface area contributed by atoms with Crippen LogP contribution < -0.4 is 10.1 Å². The van der Waals surface area contributed by atoms with E-state index >= 15 is 0 Å². The first-order chi connectivity index (χ1) is 12.5. The van der Waals surface area contributed by atoms with Gasteiger partial charge in [-0.25, -0.2) is 4.79 Å². The fourth-order valence-electron chi connectivity index (χ4n) is 3.49. The van der Waals surface area contributed by atoms with Gasteiger partial charge in [0.1, 0.15) is 17.9 Å². The van der Waals surface area contributed by atoms with E-state index in [1.807, 2.05) is 30.9 Å². The van der Waals surface area contributed by atoms with Crippen molar-refractivity contribution in [1.29, 1.82) is 0 Å². The largest absolute Gasteiger partial charge is 0.487 e. The Kier molecular flexibility index (Phi) is 5.96. The van der Waals surface area contributed by atoms with Crippen LogP contribution in [0.3, 0.4) is 0 Å². The highest BCUT2D eigenvalue weighted by molar-refractivity contribution is 5.88. The lowest BCUT2D eigenvalue weighted by molar-refractivity contribution is -0.134. The number of hydrogen-bond donors (Lipinski definition) is 1. The molecule has 2 saturated heterocycles. The molecule has 0 spiro atoms. The molecule has 1 N–H and O–H groups in total. The summed E-state index contributed by atoms with van der Waals surface area (Å²) in [7, 11) is 0. The lowest BCUT2D eigenvalue weighted by Crippen LogP contribution is -2.50. The van der Waals surface area contributed by atoms with Crippen LogP contribution in [0.1, 0.15) is 33.1 Å². The molecule has 0 unspecified atom stereocenters. The predicted molar refractivity (Wildman–Crippen MR) is 97.8 cm³/mol. The average molecular weight is 360 g/mol. The van der Waals surface area contributed by atoms with Crippen LogP contribution in [0.2, 0.25) is 0 Å². The van der Waals surface area contributed by atoms with Gasteiger partial charge in [0.25, 0.3) is 0 Å². The van der Waals surface area contributed by atoms with E-state index in [0.717, 1.165) is 25.9 Å². The number of rotatable bonds is 5. The third kappa shape index (κ3) is 4.45. The van der Waals surface area contributed by atoms with Crippen molar-refractivity contribution < 1.29 is 14.3 Å². The van der Waals surface area contributed by atoms with Crippen LogP contribution in [0.5, 0.6) is 5.75 Å². The second-order valence-corrected chi connectivity index (χ2v) is 7.44. The van der Waals surface area contributed by atoms with Gasteiger partial charge in [0.15, 0.2) is 0 Å². The number of nitrogens with one attached hydrogen (secondary N) is 1. The Hall–Kier alpha value is -2.31. The number of likely N-dealkylation sites (tertiary alicyclic amines) is 2. The molecule has 0 saturated carbocycles. The number of amides is 3. The molecule has 3 rings (SSSR count). The molecule has 26 heavy (non-hydrogen) atoms. The summed E-state index contributed by atoms with van der Waals surface area (Å²) in [6.07, 6.45) is 5.72. The Labute approximate surface area is 154 Å². The summed E-state index contributed by atoms with van der Waals surface area (Å²) in [5, 5.41) is 2.93. The molecule has 2 atom stereocenters. The SMILES string of the molecule is CC(C)CNC(=O)N1C[C@@H](Oc2cccnc2)C[C@H]1C(=O)N1CCCC1. The van der Waals surface area contributed by atoms with E-state index in [2.05, 4.69) is 10.3 Å². The fourth-order valence-corrected chi connectivity index (χ4v) is 3.49. The van der Waals surface area contributed by atoms with E-state index in [0.29, 0.717) is 31.2 Å². The normalized spacial score (nSPS) is 22.7. The number of ether oxygens (including phenoxy) is 1. The van der Waals surface area contributed by atoms with E-state index < -0.39 is 6.04 Å². The summed E-state index contributed by atoms with van der Waals surface area (Å²) in [5.74, 6) is 1.06. The minimum absolute atomic E-state index is 0.0412. The molecular formula is C19H28N4O3. The van der Waals surface area contributed by atoms with Crippen molar-refractivity contribution in [2.45, 2.75) is 45.3 Å². The average Bonchev–Trinajstić information content (AvgIpc) is 3.30. The Morgan fingerprint density at radius 1 is 1.35 bits per heavy atom. The molecule has 0 aliphatic carbocycles. The number of nitrogens with zero attached hydrogens (tertiary/aromatic N) is 3. The molecule has 0 bridgehead atoms. The van der Waals surface area contributed by atoms with E-state index in [1.54, 1.807) is 17.3 Å². The molecule has 1 aromatic rings. The van der Waals surface area contributed by atoms with Crippen LogP contribution >= 0.6 is 0 Å². The van der Waals surface area contributed by atoms with Gasteiger partial charge in [-0.2, -0.15) is 0 Å². The second kappa shape index (κ2) is 8.38. The predicted octanol–water partition coefficient (Wildman–Crippen LogP) is 1.89. The van der Waals surface area contributed by atoms with Gasteiger partial charge in [-0.15, -0.1) is 0 Å². The molecule has 142 valence electrons. The van der Waals surface area contributed by atoms with E-state index in [1.165, 1.54) is 0 Å². The van der Waals surface area contributed by atoms with E-state index in [4.69, 9.17) is 4.74 Å². The Balaban J connectivity index is 1.69. The first-order valence-corrected chi connectivity index (χ1v) is 9.44. The maximum absolute atomic E-state index is 12.9. The molecule has 2 aliphatic heterocycles. The number of carbonyl (C=O) groups is 2. The third-order valence-corrected chi connectivity index (χ3v) is 4.83. The Morgan fingerprint density at radius 2 is 2.12 bits per heavy atom. The topological polar surface area (TPSA) is 74.8 Å². The number of aromatic nitrogens is 1. The highest BCUT2D eigenvalue weighted by atomic mass is 16.5. The number of urea groups is 1. The van der Waals surface area contributed by atoms with Gasteiger partial charge in [-0.3, -0.25) is 9.78 Å². The standard InChI is InChI=1S/C19H28N4O3/c1-14(2)11-21-19(25)23-13-16(26-15-6-5-7-20-12-15)10-17(23)18(24)22-8-3-4-9-22/h5-7,12,14,16-17H,3-4,8-11,13H2,1-2H3,(H,21,25)/t16-,17-/m0/s1. The van der Waals surface area contributed by atoms with Gasteiger partial charge in [0.2, 0.25) is 5.91 Å². The van der Waals surface area contributed by atoms with Crippen LogP contribution in [-0.2, 0) is 4.79 Å². The van der Waals surface area contributed by atoms with Crippen molar-refractivity contribution in [2.24, 2.45) is 5.92 Å². The first kappa shape index (κ1) is 18.5. The summed E-state index contributed by atoms with van der Waals surface area (Å²) < 4.78 is 5.97. The number of hydrogen-bond acceptors (Lipinski definition) is 4. The molecule has 2 fully saturated rings. The summed E-state index contributed by atoms with van der Waals surface area (Å²) >= 11 is 0. The molecule has 1 aromatic heterocycles. The fraction of sp³-hybridized carbons (Fsp3) is 0.632. The summed E-state index contributed by atoms with van der Waals surface area (Å²) in [5.41, 5.74) is 0. The monoisotopic (exact) mass is 360 g/mol. The molecule has 0 radical (unpaired) electrons. The number of pyridine rings is 1. The summed E-state index contributed by atoms with van der Waals surface area (Å²) in [6, 6.07) is 3.01. The molecule has 0 aromatic carbocycles. The van der Waals surface area contributed by atoms with Crippen molar-refractivity contribution in [3.8, 4) is 5.75 Å². The van der Waals surface area contributed by atoms with Gasteiger partial charge in [-0.1, -0.05) is 13.8 Å². The van der Waals surface area contributed by atoms with Crippen molar-refractivity contribution in [3.05, 3.63) is 24.5 Å². The highest BCUT2D eigenvalue weighted by Gasteiger charge is 2.42. The zero-order valence-electron chi connectivity index (χ0n) is 15.6. The third-order valence-electron chi connectivity index (χ3n) is 4.83. The van der Waals surface area contributed by atoms with Crippen LogP contribution in [0.15, 0.2) is 24.5 Å². The first-order valence-electron chi connectivity index (χ1n) is 9.44. The van der Waals surface area contributed by atoms with Crippen molar-refractivity contribution in [3.63, 3.8) is 0 Å². The maximum atomic E-state index is 12.9. The van der Waals surface area contributed by atoms with Crippen LogP contribution in [0, 0.1) is 5.92 Å². The zero-order valence-corrected chi connectivity index (χ0v) is 15.6. The van der Waals surface area contributed by atoms with Gasteiger partial charge in [0.05, 0.1) is 12.7 Å². The molecule has 3 amide bonds. The van der Waals surface area contributed by atoms with Crippen molar-refractivity contribution in [1.82, 2.24) is 20.1 Å². The van der Waals surface area contributed by atoms with Crippen molar-refractivity contribution in [2.75, 3.05) is 26.2 Å². The summed E-state index contributed by atoms with van der Waals surface area (Å²) in [4.78, 5) is 33.2. The van der Waals surface area contributed by atoms with E-state index in [-0.39, 0.29) is 18.0 Å². The van der Waals surface area contributed by atoms with Gasteiger partial charge >= 0.3 is 6.03 Å². The Bertz CT molecular complexity index is 616. The van der Waals surface area contributed by atoms with E-state index in [9.17, 15) is 9.59 Å². The second-order valence-electron chi connectivity index (χ2n) is 7.44. The lowest BCUT2D eigenvalue weighted by atomic mass is 10.1. The van der Waals surface area contributed by atoms with Crippen LogP contribution in [-0.4, -0.2) is 65.0 Å². The van der Waals surface area contributed by atoms with Crippen LogP contribution in [0.4, 0.5) is 4.79 Å². The molecule has 7 heteroatoms. The van der Waals surface area contributed by atoms with Gasteiger partial charge in [0, 0.05) is 32.3 Å².